The van der Waals surface area contributed by atoms with E-state index in [-0.39, 0.29) is 0 Å². The van der Waals surface area contributed by atoms with E-state index in [1.807, 2.05) is 24.3 Å². The van der Waals surface area contributed by atoms with Gasteiger partial charge in [0.2, 0.25) is 0 Å². The molecular formula is C48H28N2O2. The highest BCUT2D eigenvalue weighted by molar-refractivity contribution is 6.18. The Morgan fingerprint density at radius 1 is 0.385 bits per heavy atom. The van der Waals surface area contributed by atoms with Crippen LogP contribution in [0.15, 0.2) is 174 Å². The number of fused-ring (bicyclic) bond motifs is 11. The summed E-state index contributed by atoms with van der Waals surface area (Å²) in [7, 11) is 0. The molecule has 0 amide bonds. The molecule has 0 bridgehead atoms. The molecule has 8 aromatic carbocycles. The van der Waals surface area contributed by atoms with Crippen molar-refractivity contribution >= 4 is 65.6 Å². The summed E-state index contributed by atoms with van der Waals surface area (Å²) in [5.74, 6) is 1.76. The molecular weight excluding hydrogens is 637 g/mol. The summed E-state index contributed by atoms with van der Waals surface area (Å²) in [6, 6.07) is 60.7. The number of benzene rings is 8. The van der Waals surface area contributed by atoms with Crippen LogP contribution in [0.4, 0.5) is 0 Å². The minimum Gasteiger partial charge on any atom is -0.456 e. The average Bonchev–Trinajstić information content (AvgIpc) is 3.86. The molecule has 1 aliphatic heterocycles. The van der Waals surface area contributed by atoms with Gasteiger partial charge in [0.05, 0.1) is 27.8 Å². The molecule has 4 nitrogen and oxygen atoms in total. The van der Waals surface area contributed by atoms with Crippen molar-refractivity contribution in [1.82, 2.24) is 9.13 Å². The first-order valence-corrected chi connectivity index (χ1v) is 17.7. The van der Waals surface area contributed by atoms with Gasteiger partial charge in [0.25, 0.3) is 0 Å². The maximum atomic E-state index is 6.38. The predicted octanol–water partition coefficient (Wildman–Crippen LogP) is 13.2. The summed E-state index contributed by atoms with van der Waals surface area (Å²) < 4.78 is 17.4. The van der Waals surface area contributed by atoms with Crippen molar-refractivity contribution in [2.75, 3.05) is 0 Å². The zero-order valence-corrected chi connectivity index (χ0v) is 27.9. The first-order valence-electron chi connectivity index (χ1n) is 17.7. The standard InChI is InChI=1S/C48H28N2O2/c1-3-13-39-34(9-1)38-27-30(31-21-25-36-35-10-2-5-16-43(35)51-46(36)28-31)22-26-40(38)49(39)32-23-19-29(20-24-32)33-11-7-15-42-47(33)37-12-8-18-45-48(37)50(42)41-14-4-6-17-44(41)52-45/h1-28H. The van der Waals surface area contributed by atoms with Gasteiger partial charge in [0, 0.05) is 38.0 Å². The van der Waals surface area contributed by atoms with Crippen LogP contribution in [-0.4, -0.2) is 9.13 Å². The van der Waals surface area contributed by atoms with Crippen molar-refractivity contribution in [3.05, 3.63) is 170 Å². The fourth-order valence-electron chi connectivity index (χ4n) is 8.63. The van der Waals surface area contributed by atoms with Crippen molar-refractivity contribution in [2.45, 2.75) is 0 Å². The monoisotopic (exact) mass is 664 g/mol. The molecule has 0 saturated heterocycles. The second kappa shape index (κ2) is 10.3. The summed E-state index contributed by atoms with van der Waals surface area (Å²) in [4.78, 5) is 0. The number of para-hydroxylation sites is 5. The number of ether oxygens (including phenoxy) is 1. The Morgan fingerprint density at radius 3 is 2.00 bits per heavy atom. The second-order valence-electron chi connectivity index (χ2n) is 13.7. The molecule has 52 heavy (non-hydrogen) atoms. The Hall–Kier alpha value is -7.04. The van der Waals surface area contributed by atoms with Gasteiger partial charge in [-0.15, -0.1) is 0 Å². The Bertz CT molecular complexity index is 3270. The molecule has 11 aromatic rings. The molecule has 0 spiro atoms. The first kappa shape index (κ1) is 27.7. The molecule has 4 heteroatoms. The van der Waals surface area contributed by atoms with Crippen LogP contribution in [0.2, 0.25) is 0 Å². The third-order valence-electron chi connectivity index (χ3n) is 10.9. The van der Waals surface area contributed by atoms with Gasteiger partial charge in [0.15, 0.2) is 11.5 Å². The maximum absolute atomic E-state index is 6.38. The van der Waals surface area contributed by atoms with Gasteiger partial charge in [-0.05, 0) is 95.1 Å². The predicted molar refractivity (Wildman–Crippen MR) is 213 cm³/mol. The van der Waals surface area contributed by atoms with Crippen LogP contribution in [0.25, 0.3) is 99.2 Å². The van der Waals surface area contributed by atoms with Crippen molar-refractivity contribution in [1.29, 1.82) is 0 Å². The van der Waals surface area contributed by atoms with Crippen LogP contribution in [-0.2, 0) is 0 Å². The van der Waals surface area contributed by atoms with E-state index in [4.69, 9.17) is 9.15 Å². The molecule has 0 unspecified atom stereocenters. The summed E-state index contributed by atoms with van der Waals surface area (Å²) in [5, 5.41) is 7.18. The minimum absolute atomic E-state index is 0.875. The van der Waals surface area contributed by atoms with E-state index in [2.05, 4.69) is 155 Å². The van der Waals surface area contributed by atoms with Gasteiger partial charge in [-0.25, -0.2) is 0 Å². The average molecular weight is 665 g/mol. The van der Waals surface area contributed by atoms with Crippen LogP contribution in [0, 0.1) is 0 Å². The SMILES string of the molecule is c1ccc2c(c1)Oc1cccc3c4c(-c5ccc(-n6c7ccccc7c7cc(-c8ccc9c(c8)oc8ccccc89)ccc76)cc5)cccc4n-2c13. The fraction of sp³-hybridized carbons (Fsp3) is 0. The summed E-state index contributed by atoms with van der Waals surface area (Å²) in [6.07, 6.45) is 0. The van der Waals surface area contributed by atoms with Gasteiger partial charge in [-0.1, -0.05) is 97.1 Å². The quantitative estimate of drug-likeness (QED) is 0.188. The van der Waals surface area contributed by atoms with Crippen LogP contribution in [0.1, 0.15) is 0 Å². The molecule has 0 fully saturated rings. The van der Waals surface area contributed by atoms with Gasteiger partial charge in [0.1, 0.15) is 11.2 Å². The zero-order valence-electron chi connectivity index (χ0n) is 27.9. The smallest absolute Gasteiger partial charge is 0.152 e. The van der Waals surface area contributed by atoms with Crippen molar-refractivity contribution in [3.8, 4) is 45.1 Å². The largest absolute Gasteiger partial charge is 0.456 e. The highest BCUT2D eigenvalue weighted by Gasteiger charge is 2.25. The third kappa shape index (κ3) is 3.75. The first-order chi connectivity index (χ1) is 25.8. The highest BCUT2D eigenvalue weighted by Crippen LogP contribution is 2.47. The van der Waals surface area contributed by atoms with Gasteiger partial charge < -0.3 is 18.3 Å². The zero-order chi connectivity index (χ0) is 33.9. The van der Waals surface area contributed by atoms with E-state index in [1.54, 1.807) is 0 Å². The lowest BCUT2D eigenvalue weighted by Gasteiger charge is -2.20. The number of rotatable bonds is 3. The molecule has 0 atom stereocenters. The van der Waals surface area contributed by atoms with E-state index in [0.29, 0.717) is 0 Å². The number of nitrogens with zero attached hydrogens (tertiary/aromatic N) is 2. The van der Waals surface area contributed by atoms with Crippen LogP contribution in [0.3, 0.4) is 0 Å². The minimum atomic E-state index is 0.875. The Labute approximate surface area is 297 Å². The molecule has 0 saturated carbocycles. The van der Waals surface area contributed by atoms with Crippen molar-refractivity contribution in [2.24, 2.45) is 0 Å². The van der Waals surface area contributed by atoms with Crippen molar-refractivity contribution < 1.29 is 9.15 Å². The molecule has 4 heterocycles. The van der Waals surface area contributed by atoms with E-state index >= 15 is 0 Å². The van der Waals surface area contributed by atoms with E-state index in [9.17, 15) is 0 Å². The number of hydrogen-bond donors (Lipinski definition) is 0. The highest BCUT2D eigenvalue weighted by atomic mass is 16.5. The summed E-state index contributed by atoms with van der Waals surface area (Å²) >= 11 is 0. The topological polar surface area (TPSA) is 32.2 Å². The Balaban J connectivity index is 0.993. The lowest BCUT2D eigenvalue weighted by atomic mass is 9.99. The molecule has 1 aliphatic rings. The molecule has 3 aromatic heterocycles. The van der Waals surface area contributed by atoms with Crippen LogP contribution in [0.5, 0.6) is 11.5 Å². The van der Waals surface area contributed by atoms with Gasteiger partial charge >= 0.3 is 0 Å². The Morgan fingerprint density at radius 2 is 1.06 bits per heavy atom. The molecule has 0 radical (unpaired) electrons. The summed E-state index contributed by atoms with van der Waals surface area (Å²) in [6.45, 7) is 0. The fourth-order valence-corrected chi connectivity index (χ4v) is 8.63. The Kier molecular flexibility index (Phi) is 5.47. The normalized spacial score (nSPS) is 12.4. The maximum Gasteiger partial charge on any atom is 0.152 e. The molecule has 242 valence electrons. The van der Waals surface area contributed by atoms with Crippen LogP contribution >= 0.6 is 0 Å². The van der Waals surface area contributed by atoms with Crippen LogP contribution < -0.4 is 4.74 Å². The molecule has 12 rings (SSSR count). The second-order valence-corrected chi connectivity index (χ2v) is 13.7. The third-order valence-corrected chi connectivity index (χ3v) is 10.9. The number of hydrogen-bond acceptors (Lipinski definition) is 2. The summed E-state index contributed by atoms with van der Waals surface area (Å²) in [5.41, 5.74) is 13.4. The van der Waals surface area contributed by atoms with E-state index < -0.39 is 0 Å². The van der Waals surface area contributed by atoms with Gasteiger partial charge in [-0.2, -0.15) is 0 Å². The number of aromatic nitrogens is 2. The van der Waals surface area contributed by atoms with E-state index in [0.717, 1.165) is 55.9 Å². The molecule has 0 N–H and O–H groups in total. The van der Waals surface area contributed by atoms with E-state index in [1.165, 1.54) is 54.8 Å². The lowest BCUT2D eigenvalue weighted by Crippen LogP contribution is -2.03. The van der Waals surface area contributed by atoms with Crippen molar-refractivity contribution in [3.63, 3.8) is 0 Å². The lowest BCUT2D eigenvalue weighted by molar-refractivity contribution is 0.476. The van der Waals surface area contributed by atoms with Gasteiger partial charge in [-0.3, -0.25) is 0 Å². The molecule has 0 aliphatic carbocycles. The number of furan rings is 1.